The summed E-state index contributed by atoms with van der Waals surface area (Å²) < 4.78 is 2.13. The summed E-state index contributed by atoms with van der Waals surface area (Å²) in [6, 6.07) is 14.9. The molecule has 1 unspecified atom stereocenters. The van der Waals surface area contributed by atoms with Crippen LogP contribution >= 0.6 is 0 Å². The molecule has 1 aromatic carbocycles. The first-order valence-electron chi connectivity index (χ1n) is 10.2. The maximum absolute atomic E-state index is 12.7. The van der Waals surface area contributed by atoms with Crippen LogP contribution in [-0.2, 0) is 10.2 Å². The third-order valence-electron chi connectivity index (χ3n) is 6.92. The molecule has 1 atom stereocenters. The van der Waals surface area contributed by atoms with Crippen LogP contribution < -0.4 is 0 Å². The lowest BCUT2D eigenvalue weighted by Gasteiger charge is -2.48. The molecule has 1 spiro atoms. The molecule has 2 aromatic heterocycles. The normalized spacial score (nSPS) is 22.9. The second-order valence-electron chi connectivity index (χ2n) is 8.96. The molecule has 1 saturated carbocycles. The molecule has 2 fully saturated rings. The average molecular weight is 383 g/mol. The number of rotatable bonds is 2. The van der Waals surface area contributed by atoms with E-state index >= 15 is 0 Å². The first kappa shape index (κ1) is 16.7. The Morgan fingerprint density at radius 2 is 2.03 bits per heavy atom. The number of nitrogens with zero attached hydrogens (tertiary/aromatic N) is 5. The van der Waals surface area contributed by atoms with E-state index in [4.69, 9.17) is 5.10 Å². The van der Waals surface area contributed by atoms with Crippen LogP contribution in [-0.4, -0.2) is 38.7 Å². The van der Waals surface area contributed by atoms with Crippen molar-refractivity contribution in [1.82, 2.24) is 19.7 Å². The molecule has 1 aliphatic carbocycles. The molecule has 4 heterocycles. The van der Waals surface area contributed by atoms with Gasteiger partial charge in [0.05, 0.1) is 23.3 Å². The van der Waals surface area contributed by atoms with Crippen LogP contribution in [0.4, 0.5) is 0 Å². The van der Waals surface area contributed by atoms with Crippen molar-refractivity contribution in [3.05, 3.63) is 48.3 Å². The van der Waals surface area contributed by atoms with Crippen molar-refractivity contribution in [2.24, 2.45) is 5.41 Å². The number of likely N-dealkylation sites (tertiary alicyclic amines) is 1. The standard InChI is InChI=1S/C23H21N5O/c1-15-10-23(13-27(14-23)21(29)22(12-24)6-7-22)20-9-19(26-28(15)20)17-8-16-4-2-3-5-18(16)25-11-17/h2-5,8-9,11,15H,6-7,10,13-14H2,1H3. The zero-order valence-electron chi connectivity index (χ0n) is 16.3. The van der Waals surface area contributed by atoms with Crippen molar-refractivity contribution in [3.63, 3.8) is 0 Å². The number of hydrogen-bond donors (Lipinski definition) is 0. The number of carbonyl (C=O) groups is 1. The number of nitriles is 1. The van der Waals surface area contributed by atoms with Crippen LogP contribution in [0.2, 0.25) is 0 Å². The maximum Gasteiger partial charge on any atom is 0.243 e. The number of pyridine rings is 1. The minimum absolute atomic E-state index is 0.0233. The Bertz CT molecular complexity index is 1210. The molecule has 1 saturated heterocycles. The first-order chi connectivity index (χ1) is 14.0. The molecule has 0 radical (unpaired) electrons. The molecular formula is C23H21N5O. The average Bonchev–Trinajstić information content (AvgIpc) is 3.31. The van der Waals surface area contributed by atoms with Gasteiger partial charge in [-0.15, -0.1) is 0 Å². The Balaban J connectivity index is 1.32. The van der Waals surface area contributed by atoms with E-state index in [9.17, 15) is 10.1 Å². The van der Waals surface area contributed by atoms with Gasteiger partial charge in [-0.05, 0) is 44.4 Å². The number of aromatic nitrogens is 3. The summed E-state index contributed by atoms with van der Waals surface area (Å²) in [6.07, 6.45) is 4.30. The summed E-state index contributed by atoms with van der Waals surface area (Å²) in [7, 11) is 0. The van der Waals surface area contributed by atoms with E-state index in [-0.39, 0.29) is 11.3 Å². The van der Waals surface area contributed by atoms with E-state index in [0.717, 1.165) is 28.6 Å². The van der Waals surface area contributed by atoms with E-state index in [2.05, 4.69) is 40.9 Å². The Kier molecular flexibility index (Phi) is 3.14. The van der Waals surface area contributed by atoms with Gasteiger partial charge >= 0.3 is 0 Å². The highest BCUT2D eigenvalue weighted by Crippen LogP contribution is 2.52. The zero-order valence-corrected chi connectivity index (χ0v) is 16.3. The van der Waals surface area contributed by atoms with Crippen LogP contribution in [0.15, 0.2) is 42.6 Å². The van der Waals surface area contributed by atoms with Crippen molar-refractivity contribution in [1.29, 1.82) is 5.26 Å². The van der Waals surface area contributed by atoms with Crippen molar-refractivity contribution in [3.8, 4) is 17.3 Å². The number of fused-ring (bicyclic) bond motifs is 3. The largest absolute Gasteiger partial charge is 0.339 e. The smallest absolute Gasteiger partial charge is 0.243 e. The van der Waals surface area contributed by atoms with Gasteiger partial charge in [0, 0.05) is 41.3 Å². The quantitative estimate of drug-likeness (QED) is 0.679. The summed E-state index contributed by atoms with van der Waals surface area (Å²) >= 11 is 0. The minimum atomic E-state index is -0.728. The summed E-state index contributed by atoms with van der Waals surface area (Å²) in [5.74, 6) is 0.0233. The highest BCUT2D eigenvalue weighted by Gasteiger charge is 2.59. The minimum Gasteiger partial charge on any atom is -0.339 e. The molecular weight excluding hydrogens is 362 g/mol. The van der Waals surface area contributed by atoms with Crippen LogP contribution in [0, 0.1) is 16.7 Å². The number of amides is 1. The molecule has 0 bridgehead atoms. The van der Waals surface area contributed by atoms with E-state index in [1.807, 2.05) is 29.3 Å². The fraction of sp³-hybridized carbons (Fsp3) is 0.391. The molecule has 1 amide bonds. The van der Waals surface area contributed by atoms with E-state index < -0.39 is 5.41 Å². The Morgan fingerprint density at radius 3 is 2.79 bits per heavy atom. The molecule has 6 rings (SSSR count). The van der Waals surface area contributed by atoms with Gasteiger partial charge in [0.15, 0.2) is 0 Å². The zero-order chi connectivity index (χ0) is 19.8. The molecule has 6 nitrogen and oxygen atoms in total. The van der Waals surface area contributed by atoms with Gasteiger partial charge in [-0.3, -0.25) is 14.5 Å². The predicted octanol–water partition coefficient (Wildman–Crippen LogP) is 3.45. The van der Waals surface area contributed by atoms with Gasteiger partial charge in [-0.25, -0.2) is 0 Å². The molecule has 3 aliphatic rings. The van der Waals surface area contributed by atoms with Crippen LogP contribution in [0.25, 0.3) is 22.2 Å². The fourth-order valence-corrected chi connectivity index (χ4v) is 5.16. The van der Waals surface area contributed by atoms with E-state index in [0.29, 0.717) is 32.0 Å². The summed E-state index contributed by atoms with van der Waals surface area (Å²) in [5.41, 5.74) is 3.38. The third kappa shape index (κ3) is 2.24. The predicted molar refractivity (Wildman–Crippen MR) is 108 cm³/mol. The molecule has 6 heteroatoms. The SMILES string of the molecule is CC1CC2(CN(C(=O)C3(C#N)CC3)C2)c2cc(-c3cnc4ccccc4c3)nn21. The fourth-order valence-electron chi connectivity index (χ4n) is 5.16. The lowest BCUT2D eigenvalue weighted by molar-refractivity contribution is -0.143. The number of para-hydroxylation sites is 1. The van der Waals surface area contributed by atoms with E-state index in [1.165, 1.54) is 5.69 Å². The summed E-state index contributed by atoms with van der Waals surface area (Å²) in [5, 5.41) is 15.3. The van der Waals surface area contributed by atoms with Crippen LogP contribution in [0.5, 0.6) is 0 Å². The first-order valence-corrected chi connectivity index (χ1v) is 10.2. The van der Waals surface area contributed by atoms with Crippen LogP contribution in [0.1, 0.15) is 37.9 Å². The van der Waals surface area contributed by atoms with E-state index in [1.54, 1.807) is 0 Å². The summed E-state index contributed by atoms with van der Waals surface area (Å²) in [6.45, 7) is 3.58. The summed E-state index contributed by atoms with van der Waals surface area (Å²) in [4.78, 5) is 19.2. The number of carbonyl (C=O) groups excluding carboxylic acids is 1. The topological polar surface area (TPSA) is 74.8 Å². The van der Waals surface area contributed by atoms with Gasteiger partial charge in [-0.2, -0.15) is 10.4 Å². The van der Waals surface area contributed by atoms with Gasteiger partial charge in [0.1, 0.15) is 5.41 Å². The van der Waals surface area contributed by atoms with Gasteiger partial charge in [0.25, 0.3) is 0 Å². The lowest BCUT2D eigenvalue weighted by atomic mass is 9.74. The Hall–Kier alpha value is -3.20. The number of hydrogen-bond acceptors (Lipinski definition) is 4. The second kappa shape index (κ2) is 5.44. The third-order valence-corrected chi connectivity index (χ3v) is 6.92. The highest BCUT2D eigenvalue weighted by molar-refractivity contribution is 5.89. The Labute approximate surface area is 168 Å². The monoisotopic (exact) mass is 383 g/mol. The van der Waals surface area contributed by atoms with Crippen LogP contribution in [0.3, 0.4) is 0 Å². The molecule has 144 valence electrons. The lowest BCUT2D eigenvalue weighted by Crippen LogP contribution is -2.61. The molecule has 29 heavy (non-hydrogen) atoms. The van der Waals surface area contributed by atoms with Gasteiger partial charge < -0.3 is 4.90 Å². The second-order valence-corrected chi connectivity index (χ2v) is 8.96. The Morgan fingerprint density at radius 1 is 1.24 bits per heavy atom. The van der Waals surface area contributed by atoms with Crippen molar-refractivity contribution >= 4 is 16.8 Å². The maximum atomic E-state index is 12.7. The van der Waals surface area contributed by atoms with Crippen molar-refractivity contribution in [2.75, 3.05) is 13.1 Å². The van der Waals surface area contributed by atoms with Gasteiger partial charge in [-0.1, -0.05) is 18.2 Å². The van der Waals surface area contributed by atoms with Crippen molar-refractivity contribution in [2.45, 2.75) is 37.6 Å². The van der Waals surface area contributed by atoms with Crippen molar-refractivity contribution < 1.29 is 4.79 Å². The molecule has 0 N–H and O–H groups in total. The van der Waals surface area contributed by atoms with Gasteiger partial charge in [0.2, 0.25) is 5.91 Å². The number of benzene rings is 1. The molecule has 3 aromatic rings. The molecule has 2 aliphatic heterocycles. The highest BCUT2D eigenvalue weighted by atomic mass is 16.2.